The van der Waals surface area contributed by atoms with Crippen molar-refractivity contribution in [2.45, 2.75) is 32.6 Å². The molecule has 0 unspecified atom stereocenters. The summed E-state index contributed by atoms with van der Waals surface area (Å²) in [6.07, 6.45) is 1.26. The number of benzene rings is 1. The van der Waals surface area contributed by atoms with Crippen LogP contribution in [0.5, 0.6) is 0 Å². The molecule has 2 aromatic heterocycles. The molecule has 0 atom stereocenters. The van der Waals surface area contributed by atoms with Crippen molar-refractivity contribution < 1.29 is 8.42 Å². The third-order valence-electron chi connectivity index (χ3n) is 3.48. The number of aromatic nitrogens is 3. The Labute approximate surface area is 141 Å². The van der Waals surface area contributed by atoms with Gasteiger partial charge in [0.1, 0.15) is 11.5 Å². The quantitative estimate of drug-likeness (QED) is 0.655. The zero-order chi connectivity index (χ0) is 17.2. The van der Waals surface area contributed by atoms with Crippen molar-refractivity contribution in [3.8, 4) is 0 Å². The summed E-state index contributed by atoms with van der Waals surface area (Å²) >= 11 is 6.08. The lowest BCUT2D eigenvalue weighted by atomic mass is 10.2. The van der Waals surface area contributed by atoms with Crippen molar-refractivity contribution in [2.24, 2.45) is 0 Å². The molecule has 5 nitrogen and oxygen atoms in total. The number of fused-ring (bicyclic) bond motifs is 1. The maximum absolute atomic E-state index is 12.9. The van der Waals surface area contributed by atoms with Crippen molar-refractivity contribution in [2.75, 3.05) is 0 Å². The monoisotopic (exact) mass is 351 g/mol. The molecule has 3 rings (SSSR count). The van der Waals surface area contributed by atoms with Gasteiger partial charge >= 0.3 is 0 Å². The maximum atomic E-state index is 12.9. The van der Waals surface area contributed by atoms with Gasteiger partial charge in [0.25, 0.3) is 10.0 Å². The van der Waals surface area contributed by atoms with Gasteiger partial charge in [-0.1, -0.05) is 43.6 Å². The fourth-order valence-corrected chi connectivity index (χ4v) is 4.16. The van der Waals surface area contributed by atoms with E-state index in [0.717, 1.165) is 5.56 Å². The molecule has 23 heavy (non-hydrogen) atoms. The first-order valence-corrected chi connectivity index (χ1v) is 9.05. The van der Waals surface area contributed by atoms with Crippen LogP contribution in [0.4, 0.5) is 0 Å². The summed E-state index contributed by atoms with van der Waals surface area (Å²) in [7, 11) is -3.72. The molecule has 7 heteroatoms. The second-order valence-electron chi connectivity index (χ2n) is 4.66. The standard InChI is InChI=1S/C14H12ClN3O2S.C2H6/c1-9-10(2)18(14-12(9)13(15)16-8-17-14)21(19,20)11-6-4-3-5-7-11;1-2/h3-8H,1-2H3;1-2H3. The van der Waals surface area contributed by atoms with Gasteiger partial charge in [-0.25, -0.2) is 22.4 Å². The van der Waals surface area contributed by atoms with E-state index < -0.39 is 10.0 Å². The first kappa shape index (κ1) is 17.4. The number of hydrogen-bond donors (Lipinski definition) is 0. The fourth-order valence-electron chi connectivity index (χ4n) is 2.32. The summed E-state index contributed by atoms with van der Waals surface area (Å²) in [4.78, 5) is 8.24. The van der Waals surface area contributed by atoms with E-state index >= 15 is 0 Å². The first-order chi connectivity index (χ1) is 10.9. The van der Waals surface area contributed by atoms with Crippen LogP contribution in [-0.4, -0.2) is 22.4 Å². The molecule has 0 aliphatic rings. The Morgan fingerprint density at radius 1 is 1.04 bits per heavy atom. The van der Waals surface area contributed by atoms with Crippen LogP contribution in [0.15, 0.2) is 41.6 Å². The van der Waals surface area contributed by atoms with Crippen molar-refractivity contribution in [1.82, 2.24) is 13.9 Å². The Balaban J connectivity index is 0.000000924. The van der Waals surface area contributed by atoms with E-state index in [2.05, 4.69) is 9.97 Å². The SMILES string of the molecule is CC.Cc1c(C)n(S(=O)(=O)c2ccccc2)c2ncnc(Cl)c12. The molecule has 1 aromatic carbocycles. The number of rotatable bonds is 2. The summed E-state index contributed by atoms with van der Waals surface area (Å²) in [5, 5.41) is 0.818. The van der Waals surface area contributed by atoms with Crippen molar-refractivity contribution in [3.63, 3.8) is 0 Å². The molecule has 3 aromatic rings. The zero-order valence-corrected chi connectivity index (χ0v) is 15.0. The molecule has 0 bridgehead atoms. The lowest BCUT2D eigenvalue weighted by molar-refractivity contribution is 0.587. The van der Waals surface area contributed by atoms with Crippen molar-refractivity contribution in [3.05, 3.63) is 53.1 Å². The van der Waals surface area contributed by atoms with Crippen LogP contribution < -0.4 is 0 Å². The molecule has 0 saturated carbocycles. The van der Waals surface area contributed by atoms with Gasteiger partial charge in [0.15, 0.2) is 5.65 Å². The number of hydrogen-bond acceptors (Lipinski definition) is 4. The summed E-state index contributed by atoms with van der Waals surface area (Å²) in [6.45, 7) is 7.54. The summed E-state index contributed by atoms with van der Waals surface area (Å²) < 4.78 is 26.9. The molecule has 0 aliphatic carbocycles. The molecule has 0 saturated heterocycles. The Kier molecular flexibility index (Phi) is 5.06. The maximum Gasteiger partial charge on any atom is 0.269 e. The molecule has 0 N–H and O–H groups in total. The van der Waals surface area contributed by atoms with Crippen LogP contribution in [0.2, 0.25) is 5.15 Å². The minimum Gasteiger partial charge on any atom is -0.224 e. The average Bonchev–Trinajstić information content (AvgIpc) is 2.83. The van der Waals surface area contributed by atoms with Crippen LogP contribution in [0.1, 0.15) is 25.1 Å². The Morgan fingerprint density at radius 3 is 2.26 bits per heavy atom. The second-order valence-corrected chi connectivity index (χ2v) is 6.80. The minimum absolute atomic E-state index is 0.208. The van der Waals surface area contributed by atoms with Crippen LogP contribution in [0.25, 0.3) is 11.0 Å². The summed E-state index contributed by atoms with van der Waals surface area (Å²) in [5.74, 6) is 0. The van der Waals surface area contributed by atoms with Gasteiger partial charge in [-0.05, 0) is 31.5 Å². The lowest BCUT2D eigenvalue weighted by Gasteiger charge is -2.09. The number of aryl methyl sites for hydroxylation is 1. The average molecular weight is 352 g/mol. The van der Waals surface area contributed by atoms with Gasteiger partial charge in [-0.15, -0.1) is 0 Å². The van der Waals surface area contributed by atoms with Crippen molar-refractivity contribution in [1.29, 1.82) is 0 Å². The van der Waals surface area contributed by atoms with E-state index in [4.69, 9.17) is 11.6 Å². The van der Waals surface area contributed by atoms with E-state index in [-0.39, 0.29) is 10.0 Å². The number of nitrogens with zero attached hydrogens (tertiary/aromatic N) is 3. The number of halogens is 1. The third kappa shape index (κ3) is 2.84. The summed E-state index contributed by atoms with van der Waals surface area (Å²) in [6, 6.07) is 8.24. The molecular formula is C16H18ClN3O2S. The Hall–Kier alpha value is -1.92. The van der Waals surface area contributed by atoms with E-state index in [1.165, 1.54) is 10.3 Å². The normalized spacial score (nSPS) is 11.2. The van der Waals surface area contributed by atoms with Crippen LogP contribution in [-0.2, 0) is 10.0 Å². The van der Waals surface area contributed by atoms with Crippen LogP contribution in [0.3, 0.4) is 0 Å². The van der Waals surface area contributed by atoms with Gasteiger partial charge in [-0.2, -0.15) is 0 Å². The van der Waals surface area contributed by atoms with Gasteiger partial charge in [-0.3, -0.25) is 0 Å². The van der Waals surface area contributed by atoms with Gasteiger partial charge in [0, 0.05) is 5.69 Å². The highest BCUT2D eigenvalue weighted by Crippen LogP contribution is 2.31. The third-order valence-corrected chi connectivity index (χ3v) is 5.56. The second kappa shape index (κ2) is 6.68. The lowest BCUT2D eigenvalue weighted by Crippen LogP contribution is -2.15. The van der Waals surface area contributed by atoms with E-state index in [1.807, 2.05) is 20.8 Å². The predicted molar refractivity (Wildman–Crippen MR) is 92.4 cm³/mol. The van der Waals surface area contributed by atoms with Crippen molar-refractivity contribution >= 4 is 32.7 Å². The minimum atomic E-state index is -3.72. The van der Waals surface area contributed by atoms with Gasteiger partial charge < -0.3 is 0 Å². The van der Waals surface area contributed by atoms with Crippen LogP contribution in [0, 0.1) is 13.8 Å². The van der Waals surface area contributed by atoms with Gasteiger partial charge in [0.2, 0.25) is 0 Å². The molecule has 0 fully saturated rings. The highest BCUT2D eigenvalue weighted by Gasteiger charge is 2.25. The van der Waals surface area contributed by atoms with E-state index in [9.17, 15) is 8.42 Å². The smallest absolute Gasteiger partial charge is 0.224 e. The topological polar surface area (TPSA) is 64.8 Å². The molecule has 2 heterocycles. The van der Waals surface area contributed by atoms with Gasteiger partial charge in [0.05, 0.1) is 10.3 Å². The molecule has 0 radical (unpaired) electrons. The molecule has 122 valence electrons. The molecule has 0 aliphatic heterocycles. The Morgan fingerprint density at radius 2 is 1.65 bits per heavy atom. The largest absolute Gasteiger partial charge is 0.269 e. The van der Waals surface area contributed by atoms with Crippen LogP contribution >= 0.6 is 11.6 Å². The highest BCUT2D eigenvalue weighted by atomic mass is 35.5. The summed E-state index contributed by atoms with van der Waals surface area (Å²) in [5.41, 5.74) is 1.64. The molecule has 0 spiro atoms. The van der Waals surface area contributed by atoms with E-state index in [1.54, 1.807) is 37.3 Å². The molecular weight excluding hydrogens is 334 g/mol. The molecule has 0 amide bonds. The fraction of sp³-hybridized carbons (Fsp3) is 0.250. The Bertz CT molecular complexity index is 935. The predicted octanol–water partition coefficient (Wildman–Crippen LogP) is 3.96. The first-order valence-electron chi connectivity index (χ1n) is 7.23. The zero-order valence-electron chi connectivity index (χ0n) is 13.4. The van der Waals surface area contributed by atoms with E-state index in [0.29, 0.717) is 16.7 Å². The highest BCUT2D eigenvalue weighted by molar-refractivity contribution is 7.90.